The van der Waals surface area contributed by atoms with Crippen LogP contribution in [-0.4, -0.2) is 16.7 Å². The molecule has 0 atom stereocenters. The molecule has 1 fully saturated rings. The van der Waals surface area contributed by atoms with E-state index in [1.54, 1.807) is 12.1 Å². The summed E-state index contributed by atoms with van der Waals surface area (Å²) in [6.07, 6.45) is 1.90. The van der Waals surface area contributed by atoms with Gasteiger partial charge in [-0.15, -0.1) is 0 Å². The lowest BCUT2D eigenvalue weighted by molar-refractivity contribution is 0.235. The van der Waals surface area contributed by atoms with Crippen molar-refractivity contribution in [3.05, 3.63) is 29.1 Å². The molecule has 1 N–H and O–H groups in total. The van der Waals surface area contributed by atoms with Crippen LogP contribution in [-0.2, 0) is 5.41 Å². The molecule has 0 unspecified atom stereocenters. The van der Waals surface area contributed by atoms with E-state index in [-0.39, 0.29) is 12.0 Å². The molecule has 0 saturated heterocycles. The predicted octanol–water partition coefficient (Wildman–Crippen LogP) is 2.51. The van der Waals surface area contributed by atoms with Gasteiger partial charge in [0.25, 0.3) is 0 Å². The van der Waals surface area contributed by atoms with Gasteiger partial charge in [0.05, 0.1) is 12.0 Å². The third-order valence-electron chi connectivity index (χ3n) is 2.96. The van der Waals surface area contributed by atoms with E-state index in [1.165, 1.54) is 0 Å². The van der Waals surface area contributed by atoms with Crippen LogP contribution < -0.4 is 0 Å². The van der Waals surface area contributed by atoms with E-state index in [4.69, 9.17) is 16.0 Å². The first-order valence-electron chi connectivity index (χ1n) is 4.91. The topological polar surface area (TPSA) is 46.3 Å². The fourth-order valence-corrected chi connectivity index (χ4v) is 1.88. The van der Waals surface area contributed by atoms with Gasteiger partial charge in [-0.3, -0.25) is 0 Å². The van der Waals surface area contributed by atoms with Gasteiger partial charge >= 0.3 is 0 Å². The molecule has 1 aliphatic rings. The Balaban J connectivity index is 2.14. The Morgan fingerprint density at radius 2 is 2.27 bits per heavy atom. The number of aliphatic hydroxyl groups is 1. The van der Waals surface area contributed by atoms with Crippen LogP contribution in [0.5, 0.6) is 0 Å². The summed E-state index contributed by atoms with van der Waals surface area (Å²) >= 11 is 5.85. The van der Waals surface area contributed by atoms with Gasteiger partial charge in [0.1, 0.15) is 5.52 Å². The van der Waals surface area contributed by atoms with E-state index in [0.29, 0.717) is 16.5 Å². The second-order valence-corrected chi connectivity index (χ2v) is 4.51. The highest BCUT2D eigenvalue weighted by Crippen LogP contribution is 2.47. The molecule has 0 radical (unpaired) electrons. The molecular formula is C11H10ClNO2. The third-order valence-corrected chi connectivity index (χ3v) is 3.20. The monoisotopic (exact) mass is 223 g/mol. The Bertz CT molecular complexity index is 516. The van der Waals surface area contributed by atoms with Crippen molar-refractivity contribution in [3.63, 3.8) is 0 Å². The molecular weight excluding hydrogens is 214 g/mol. The van der Waals surface area contributed by atoms with Crippen LogP contribution in [0, 0.1) is 0 Å². The number of hydrogen-bond donors (Lipinski definition) is 1. The molecule has 1 aliphatic carbocycles. The molecule has 4 heteroatoms. The number of aliphatic hydroxyl groups excluding tert-OH is 1. The van der Waals surface area contributed by atoms with Gasteiger partial charge < -0.3 is 9.52 Å². The summed E-state index contributed by atoms with van der Waals surface area (Å²) in [5.41, 5.74) is 1.28. The number of fused-ring (bicyclic) bond motifs is 1. The van der Waals surface area contributed by atoms with Gasteiger partial charge in [-0.2, -0.15) is 0 Å². The van der Waals surface area contributed by atoms with Crippen LogP contribution in [0.1, 0.15) is 18.7 Å². The van der Waals surface area contributed by atoms with E-state index < -0.39 is 0 Å². The number of oxazole rings is 1. The van der Waals surface area contributed by atoms with Crippen molar-refractivity contribution < 1.29 is 9.52 Å². The first kappa shape index (κ1) is 9.19. The standard InChI is InChI=1S/C11H10ClNO2/c12-7-1-2-8-9(5-7)15-10(13-8)11(6-14)3-4-11/h1-2,5,14H,3-4,6H2. The van der Waals surface area contributed by atoms with Crippen molar-refractivity contribution >= 4 is 22.7 Å². The molecule has 3 nitrogen and oxygen atoms in total. The maximum Gasteiger partial charge on any atom is 0.204 e. The Morgan fingerprint density at radius 3 is 2.93 bits per heavy atom. The van der Waals surface area contributed by atoms with Crippen molar-refractivity contribution in [2.45, 2.75) is 18.3 Å². The van der Waals surface area contributed by atoms with E-state index in [9.17, 15) is 5.11 Å². The van der Waals surface area contributed by atoms with Gasteiger partial charge in [-0.25, -0.2) is 4.98 Å². The van der Waals surface area contributed by atoms with E-state index >= 15 is 0 Å². The van der Waals surface area contributed by atoms with Crippen LogP contribution in [0.4, 0.5) is 0 Å². The third kappa shape index (κ3) is 1.34. The molecule has 2 aromatic rings. The number of nitrogens with zero attached hydrogens (tertiary/aromatic N) is 1. The molecule has 0 spiro atoms. The van der Waals surface area contributed by atoms with Crippen molar-refractivity contribution in [2.75, 3.05) is 6.61 Å². The SMILES string of the molecule is OCC1(c2nc3ccc(Cl)cc3o2)CC1. The molecule has 1 heterocycles. The van der Waals surface area contributed by atoms with Crippen LogP contribution in [0.3, 0.4) is 0 Å². The minimum absolute atomic E-state index is 0.105. The summed E-state index contributed by atoms with van der Waals surface area (Å²) in [6.45, 7) is 0.105. The molecule has 78 valence electrons. The Morgan fingerprint density at radius 1 is 1.47 bits per heavy atom. The zero-order valence-corrected chi connectivity index (χ0v) is 8.79. The lowest BCUT2D eigenvalue weighted by Crippen LogP contribution is -2.11. The molecule has 1 saturated carbocycles. The zero-order valence-electron chi connectivity index (χ0n) is 8.03. The summed E-state index contributed by atoms with van der Waals surface area (Å²) in [5.74, 6) is 0.641. The second-order valence-electron chi connectivity index (χ2n) is 4.07. The Kier molecular flexibility index (Phi) is 1.82. The average molecular weight is 224 g/mol. The summed E-state index contributed by atoms with van der Waals surface area (Å²) in [4.78, 5) is 4.37. The van der Waals surface area contributed by atoms with E-state index in [2.05, 4.69) is 4.98 Å². The quantitative estimate of drug-likeness (QED) is 0.851. The maximum absolute atomic E-state index is 9.26. The molecule has 15 heavy (non-hydrogen) atoms. The van der Waals surface area contributed by atoms with E-state index in [0.717, 1.165) is 18.4 Å². The van der Waals surface area contributed by atoms with Crippen molar-refractivity contribution in [1.29, 1.82) is 0 Å². The molecule has 0 aliphatic heterocycles. The van der Waals surface area contributed by atoms with Crippen molar-refractivity contribution in [2.24, 2.45) is 0 Å². The van der Waals surface area contributed by atoms with Crippen molar-refractivity contribution in [1.82, 2.24) is 4.98 Å². The molecule has 1 aromatic carbocycles. The fourth-order valence-electron chi connectivity index (χ4n) is 1.72. The van der Waals surface area contributed by atoms with Crippen molar-refractivity contribution in [3.8, 4) is 0 Å². The number of rotatable bonds is 2. The van der Waals surface area contributed by atoms with Gasteiger partial charge in [0, 0.05) is 11.1 Å². The highest BCUT2D eigenvalue weighted by Gasteiger charge is 2.48. The largest absolute Gasteiger partial charge is 0.440 e. The lowest BCUT2D eigenvalue weighted by atomic mass is 10.1. The molecule has 0 bridgehead atoms. The number of hydrogen-bond acceptors (Lipinski definition) is 3. The predicted molar refractivity (Wildman–Crippen MR) is 57.0 cm³/mol. The highest BCUT2D eigenvalue weighted by atomic mass is 35.5. The smallest absolute Gasteiger partial charge is 0.204 e. The molecule has 1 aromatic heterocycles. The second kappa shape index (κ2) is 2.97. The number of benzene rings is 1. The van der Waals surface area contributed by atoms with Gasteiger partial charge in [-0.05, 0) is 25.0 Å². The number of halogens is 1. The first-order chi connectivity index (χ1) is 7.23. The minimum atomic E-state index is -0.217. The Hall–Kier alpha value is -1.06. The molecule has 3 rings (SSSR count). The van der Waals surface area contributed by atoms with Gasteiger partial charge in [0.15, 0.2) is 5.58 Å². The minimum Gasteiger partial charge on any atom is -0.440 e. The van der Waals surface area contributed by atoms with E-state index in [1.807, 2.05) is 6.07 Å². The lowest BCUT2D eigenvalue weighted by Gasteiger charge is -2.03. The fraction of sp³-hybridized carbons (Fsp3) is 0.364. The summed E-state index contributed by atoms with van der Waals surface area (Å²) in [7, 11) is 0. The van der Waals surface area contributed by atoms with Crippen LogP contribution >= 0.6 is 11.6 Å². The van der Waals surface area contributed by atoms with Crippen LogP contribution in [0.25, 0.3) is 11.1 Å². The van der Waals surface area contributed by atoms with Crippen LogP contribution in [0.15, 0.2) is 22.6 Å². The Labute approximate surface area is 91.7 Å². The highest BCUT2D eigenvalue weighted by molar-refractivity contribution is 6.31. The summed E-state index contributed by atoms with van der Waals surface area (Å²) in [6, 6.07) is 5.37. The molecule has 0 amide bonds. The summed E-state index contributed by atoms with van der Waals surface area (Å²) in [5, 5.41) is 9.90. The number of aromatic nitrogens is 1. The zero-order chi connectivity index (χ0) is 10.5. The van der Waals surface area contributed by atoms with Gasteiger partial charge in [-0.1, -0.05) is 11.6 Å². The average Bonchev–Trinajstić information content (AvgIpc) is 2.93. The summed E-state index contributed by atoms with van der Waals surface area (Å²) < 4.78 is 5.61. The van der Waals surface area contributed by atoms with Gasteiger partial charge in [0.2, 0.25) is 5.89 Å². The maximum atomic E-state index is 9.26. The first-order valence-corrected chi connectivity index (χ1v) is 5.29. The normalized spacial score (nSPS) is 18.3. The van der Waals surface area contributed by atoms with Crippen LogP contribution in [0.2, 0.25) is 5.02 Å².